The van der Waals surface area contributed by atoms with Gasteiger partial charge < -0.3 is 0 Å². The molecule has 1 atom stereocenters. The topological polar surface area (TPSA) is 0 Å². The van der Waals surface area contributed by atoms with Gasteiger partial charge in [0, 0.05) is 0 Å². The Morgan fingerprint density at radius 2 is 0.818 bits per heavy atom. The van der Waals surface area contributed by atoms with Crippen molar-refractivity contribution in [2.24, 2.45) is 23.2 Å². The van der Waals surface area contributed by atoms with Crippen LogP contribution in [0.5, 0.6) is 0 Å². The molecule has 0 radical (unpaired) electrons. The van der Waals surface area contributed by atoms with Crippen molar-refractivity contribution in [3.63, 3.8) is 0 Å². The monoisotopic (exact) mass is 344 g/mol. The van der Waals surface area contributed by atoms with Gasteiger partial charge in [-0.05, 0) is 67.9 Å². The van der Waals surface area contributed by atoms with Crippen molar-refractivity contribution < 1.29 is 0 Å². The summed E-state index contributed by atoms with van der Waals surface area (Å²) in [5.41, 5.74) is 0.714. The van der Waals surface area contributed by atoms with E-state index in [4.69, 9.17) is 0 Å². The van der Waals surface area contributed by atoms with E-state index in [-0.39, 0.29) is 12.4 Å². The van der Waals surface area contributed by atoms with E-state index in [2.05, 4.69) is 9.24 Å². The van der Waals surface area contributed by atoms with Crippen molar-refractivity contribution in [2.75, 3.05) is 6.16 Å². The van der Waals surface area contributed by atoms with Crippen LogP contribution in [0.1, 0.15) is 96.3 Å². The van der Waals surface area contributed by atoms with Crippen LogP contribution in [-0.4, -0.2) is 6.16 Å². The van der Waals surface area contributed by atoms with Gasteiger partial charge in [0.2, 0.25) is 0 Å². The molecule has 0 spiro atoms. The molecule has 0 N–H and O–H groups in total. The predicted molar refractivity (Wildman–Crippen MR) is 104 cm³/mol. The standard InChI is InChI=1S/C20H37P.ClH/c21-16-20(17-10-4-1-5-11-17,18-12-6-2-7-13-18)19-14-8-3-9-15-19;/h17-19H,1-16,21H2;1H. The fraction of sp³-hybridized carbons (Fsp3) is 1.00. The zero-order valence-electron chi connectivity index (χ0n) is 14.5. The maximum Gasteiger partial charge on any atom is -0.0178 e. The third-order valence-electron chi connectivity index (χ3n) is 7.45. The average molecular weight is 345 g/mol. The lowest BCUT2D eigenvalue weighted by Gasteiger charge is -2.54. The Bertz CT molecular complexity index is 253. The Hall–Kier alpha value is 0.720. The van der Waals surface area contributed by atoms with Crippen LogP contribution in [0.3, 0.4) is 0 Å². The fourth-order valence-corrected chi connectivity index (χ4v) is 7.42. The second kappa shape index (κ2) is 9.27. The molecule has 3 aliphatic rings. The highest BCUT2D eigenvalue weighted by atomic mass is 35.5. The minimum Gasteiger partial charge on any atom is -0.147 e. The van der Waals surface area contributed by atoms with Crippen molar-refractivity contribution >= 4 is 21.6 Å². The highest BCUT2D eigenvalue weighted by molar-refractivity contribution is 7.16. The Morgan fingerprint density at radius 3 is 1.05 bits per heavy atom. The van der Waals surface area contributed by atoms with E-state index in [1.165, 1.54) is 63.9 Å². The van der Waals surface area contributed by atoms with Gasteiger partial charge in [-0.2, -0.15) is 0 Å². The molecule has 0 saturated heterocycles. The highest BCUT2D eigenvalue weighted by Gasteiger charge is 2.49. The fourth-order valence-electron chi connectivity index (χ4n) is 6.42. The molecule has 0 aliphatic heterocycles. The molecule has 130 valence electrons. The summed E-state index contributed by atoms with van der Waals surface area (Å²) in [4.78, 5) is 0. The molecular formula is C20H38ClP. The number of hydrogen-bond donors (Lipinski definition) is 0. The molecule has 3 rings (SSSR count). The van der Waals surface area contributed by atoms with E-state index in [9.17, 15) is 0 Å². The van der Waals surface area contributed by atoms with Gasteiger partial charge >= 0.3 is 0 Å². The first kappa shape index (κ1) is 19.1. The second-order valence-electron chi connectivity index (χ2n) is 8.32. The van der Waals surface area contributed by atoms with Crippen LogP contribution in [0.25, 0.3) is 0 Å². The third-order valence-corrected chi connectivity index (χ3v) is 8.16. The van der Waals surface area contributed by atoms with E-state index < -0.39 is 0 Å². The van der Waals surface area contributed by atoms with Crippen LogP contribution in [-0.2, 0) is 0 Å². The maximum atomic E-state index is 3.24. The SMILES string of the molecule is Cl.PCC(C1CCCCC1)(C1CCCCC1)C1CCCCC1. The lowest BCUT2D eigenvalue weighted by atomic mass is 9.52. The normalized spacial score (nSPS) is 26.6. The Labute approximate surface area is 147 Å². The third kappa shape index (κ3) is 3.85. The largest absolute Gasteiger partial charge is 0.147 e. The van der Waals surface area contributed by atoms with E-state index in [1.54, 1.807) is 38.5 Å². The second-order valence-corrected chi connectivity index (χ2v) is 8.73. The van der Waals surface area contributed by atoms with Crippen molar-refractivity contribution in [3.05, 3.63) is 0 Å². The van der Waals surface area contributed by atoms with Crippen molar-refractivity contribution in [2.45, 2.75) is 96.3 Å². The number of rotatable bonds is 4. The van der Waals surface area contributed by atoms with Crippen LogP contribution >= 0.6 is 21.6 Å². The van der Waals surface area contributed by atoms with E-state index in [0.717, 1.165) is 17.8 Å². The van der Waals surface area contributed by atoms with E-state index >= 15 is 0 Å². The quantitative estimate of drug-likeness (QED) is 0.481. The molecule has 3 fully saturated rings. The zero-order chi connectivity index (χ0) is 14.5. The van der Waals surface area contributed by atoms with Crippen LogP contribution in [0, 0.1) is 23.2 Å². The minimum atomic E-state index is 0. The molecule has 0 bridgehead atoms. The number of halogens is 1. The van der Waals surface area contributed by atoms with Crippen molar-refractivity contribution in [3.8, 4) is 0 Å². The molecule has 3 aliphatic carbocycles. The molecule has 0 amide bonds. The first-order chi connectivity index (χ1) is 10.4. The minimum absolute atomic E-state index is 0. The highest BCUT2D eigenvalue weighted by Crippen LogP contribution is 2.57. The van der Waals surface area contributed by atoms with Gasteiger partial charge in [0.25, 0.3) is 0 Å². The molecule has 3 saturated carbocycles. The number of hydrogen-bond acceptors (Lipinski definition) is 0. The molecule has 1 unspecified atom stereocenters. The van der Waals surface area contributed by atoms with E-state index in [0.29, 0.717) is 5.41 Å². The average Bonchev–Trinajstić information content (AvgIpc) is 2.59. The molecule has 0 aromatic heterocycles. The van der Waals surface area contributed by atoms with Crippen LogP contribution < -0.4 is 0 Å². The first-order valence-corrected chi connectivity index (χ1v) is 10.9. The van der Waals surface area contributed by atoms with E-state index in [1.807, 2.05) is 0 Å². The van der Waals surface area contributed by atoms with Crippen LogP contribution in [0.2, 0.25) is 0 Å². The Kier molecular flexibility index (Phi) is 8.03. The van der Waals surface area contributed by atoms with Gasteiger partial charge in [0.1, 0.15) is 0 Å². The smallest absolute Gasteiger partial charge is 0.0178 e. The van der Waals surface area contributed by atoms with Gasteiger partial charge in [-0.25, -0.2) is 0 Å². The lowest BCUT2D eigenvalue weighted by Crippen LogP contribution is -2.48. The van der Waals surface area contributed by atoms with Gasteiger partial charge in [-0.1, -0.05) is 57.8 Å². The summed E-state index contributed by atoms with van der Waals surface area (Å²) in [5, 5.41) is 0. The molecule has 22 heavy (non-hydrogen) atoms. The summed E-state index contributed by atoms with van der Waals surface area (Å²) in [6.45, 7) is 0. The molecule has 0 aromatic rings. The predicted octanol–water partition coefficient (Wildman–Crippen LogP) is 7.01. The van der Waals surface area contributed by atoms with Crippen molar-refractivity contribution in [1.29, 1.82) is 0 Å². The lowest BCUT2D eigenvalue weighted by molar-refractivity contribution is -0.0274. The van der Waals surface area contributed by atoms with Gasteiger partial charge in [0.15, 0.2) is 0 Å². The summed E-state index contributed by atoms with van der Waals surface area (Å²) in [7, 11) is 3.24. The summed E-state index contributed by atoms with van der Waals surface area (Å²) in [5.74, 6) is 3.19. The summed E-state index contributed by atoms with van der Waals surface area (Å²) in [6.07, 6.45) is 24.4. The molecule has 0 nitrogen and oxygen atoms in total. The molecule has 2 heteroatoms. The van der Waals surface area contributed by atoms with Crippen LogP contribution in [0.15, 0.2) is 0 Å². The Morgan fingerprint density at radius 1 is 0.545 bits per heavy atom. The maximum absolute atomic E-state index is 3.24. The Balaban J connectivity index is 0.00000176. The molecular weight excluding hydrogens is 307 g/mol. The van der Waals surface area contributed by atoms with Gasteiger partial charge in [0.05, 0.1) is 0 Å². The summed E-state index contributed by atoms with van der Waals surface area (Å²) < 4.78 is 0. The van der Waals surface area contributed by atoms with Gasteiger partial charge in [-0.15, -0.1) is 21.6 Å². The molecule has 0 aromatic carbocycles. The summed E-state index contributed by atoms with van der Waals surface area (Å²) >= 11 is 0. The molecule has 0 heterocycles. The van der Waals surface area contributed by atoms with Gasteiger partial charge in [-0.3, -0.25) is 0 Å². The zero-order valence-corrected chi connectivity index (χ0v) is 16.5. The first-order valence-electron chi connectivity index (χ1n) is 10.1. The summed E-state index contributed by atoms with van der Waals surface area (Å²) in [6, 6.07) is 0. The van der Waals surface area contributed by atoms with Crippen LogP contribution in [0.4, 0.5) is 0 Å². The van der Waals surface area contributed by atoms with Crippen molar-refractivity contribution in [1.82, 2.24) is 0 Å².